The monoisotopic (exact) mass is 233 g/mol. The molecule has 1 rings (SSSR count). The molecule has 2 atom stereocenters. The SMILES string of the molecule is CSCC(NC(=O)C1CCCO1)C(=O)O. The number of amides is 1. The molecule has 0 spiro atoms. The molecule has 2 unspecified atom stereocenters. The molecule has 0 aliphatic carbocycles. The summed E-state index contributed by atoms with van der Waals surface area (Å²) in [5, 5.41) is 11.3. The Morgan fingerprint density at radius 3 is 2.87 bits per heavy atom. The van der Waals surface area contributed by atoms with Crippen LogP contribution in [0.1, 0.15) is 12.8 Å². The molecular formula is C9H15NO4S. The van der Waals surface area contributed by atoms with Crippen molar-refractivity contribution in [2.24, 2.45) is 0 Å². The fourth-order valence-electron chi connectivity index (χ4n) is 1.39. The lowest BCUT2D eigenvalue weighted by Crippen LogP contribution is -2.46. The number of carboxylic acids is 1. The van der Waals surface area contributed by atoms with Gasteiger partial charge in [0.15, 0.2) is 0 Å². The van der Waals surface area contributed by atoms with E-state index in [4.69, 9.17) is 9.84 Å². The number of nitrogens with one attached hydrogen (secondary N) is 1. The summed E-state index contributed by atoms with van der Waals surface area (Å²) in [7, 11) is 0. The van der Waals surface area contributed by atoms with Crippen LogP contribution in [0.5, 0.6) is 0 Å². The summed E-state index contributed by atoms with van der Waals surface area (Å²) in [4.78, 5) is 22.3. The summed E-state index contributed by atoms with van der Waals surface area (Å²) in [6.07, 6.45) is 2.87. The number of aliphatic carboxylic acids is 1. The van der Waals surface area contributed by atoms with Gasteiger partial charge in [0.25, 0.3) is 0 Å². The molecule has 2 N–H and O–H groups in total. The van der Waals surface area contributed by atoms with Crippen molar-refractivity contribution in [2.45, 2.75) is 25.0 Å². The second-order valence-corrected chi connectivity index (χ2v) is 4.27. The zero-order valence-corrected chi connectivity index (χ0v) is 9.38. The molecule has 1 fully saturated rings. The Bertz CT molecular complexity index is 240. The summed E-state index contributed by atoms with van der Waals surface area (Å²) < 4.78 is 5.16. The predicted octanol–water partition coefficient (Wildman–Crippen LogP) is 0.0978. The topological polar surface area (TPSA) is 75.6 Å². The van der Waals surface area contributed by atoms with Crippen LogP contribution < -0.4 is 5.32 Å². The molecule has 0 aromatic heterocycles. The van der Waals surface area contributed by atoms with Crippen LogP contribution in [-0.4, -0.2) is 47.7 Å². The van der Waals surface area contributed by atoms with Gasteiger partial charge < -0.3 is 15.2 Å². The molecule has 1 aliphatic rings. The first-order valence-electron chi connectivity index (χ1n) is 4.79. The standard InChI is InChI=1S/C9H15NO4S/c1-15-5-6(9(12)13)10-8(11)7-3-2-4-14-7/h6-7H,2-5H2,1H3,(H,10,11)(H,12,13). The predicted molar refractivity (Wildman–Crippen MR) is 56.9 cm³/mol. The van der Waals surface area contributed by atoms with Crippen molar-refractivity contribution < 1.29 is 19.4 Å². The fourth-order valence-corrected chi connectivity index (χ4v) is 1.95. The van der Waals surface area contributed by atoms with Crippen LogP contribution in [0.3, 0.4) is 0 Å². The normalized spacial score (nSPS) is 22.3. The zero-order valence-electron chi connectivity index (χ0n) is 8.56. The van der Waals surface area contributed by atoms with Crippen LogP contribution in [0, 0.1) is 0 Å². The first-order chi connectivity index (χ1) is 7.15. The van der Waals surface area contributed by atoms with E-state index in [0.717, 1.165) is 6.42 Å². The number of thioether (sulfide) groups is 1. The first-order valence-corrected chi connectivity index (χ1v) is 6.18. The molecule has 0 saturated carbocycles. The van der Waals surface area contributed by atoms with Crippen molar-refractivity contribution in [3.8, 4) is 0 Å². The van der Waals surface area contributed by atoms with Crippen LogP contribution in [0.15, 0.2) is 0 Å². The first kappa shape index (κ1) is 12.3. The van der Waals surface area contributed by atoms with Crippen molar-refractivity contribution in [3.05, 3.63) is 0 Å². The molecule has 1 aliphatic heterocycles. The van der Waals surface area contributed by atoms with Crippen LogP contribution in [0.4, 0.5) is 0 Å². The molecule has 1 amide bonds. The highest BCUT2D eigenvalue weighted by molar-refractivity contribution is 7.98. The minimum absolute atomic E-state index is 0.311. The van der Waals surface area contributed by atoms with E-state index in [9.17, 15) is 9.59 Å². The number of hydrogen-bond acceptors (Lipinski definition) is 4. The molecular weight excluding hydrogens is 218 g/mol. The summed E-state index contributed by atoms with van der Waals surface area (Å²) in [6, 6.07) is -0.823. The lowest BCUT2D eigenvalue weighted by atomic mass is 10.2. The van der Waals surface area contributed by atoms with E-state index < -0.39 is 18.1 Å². The third-order valence-corrected chi connectivity index (χ3v) is 2.84. The van der Waals surface area contributed by atoms with Gasteiger partial charge in [0.1, 0.15) is 12.1 Å². The number of rotatable bonds is 5. The minimum atomic E-state index is -1.00. The summed E-state index contributed by atoms with van der Waals surface area (Å²) in [6.45, 7) is 0.582. The molecule has 0 aromatic rings. The van der Waals surface area contributed by atoms with Crippen molar-refractivity contribution in [2.75, 3.05) is 18.6 Å². The lowest BCUT2D eigenvalue weighted by molar-refractivity contribution is -0.142. The Morgan fingerprint density at radius 2 is 2.40 bits per heavy atom. The Morgan fingerprint density at radius 1 is 1.67 bits per heavy atom. The fraction of sp³-hybridized carbons (Fsp3) is 0.778. The molecule has 6 heteroatoms. The highest BCUT2D eigenvalue weighted by Gasteiger charge is 2.27. The van der Waals surface area contributed by atoms with Gasteiger partial charge in [0.05, 0.1) is 0 Å². The zero-order chi connectivity index (χ0) is 11.3. The van der Waals surface area contributed by atoms with Gasteiger partial charge in [0, 0.05) is 12.4 Å². The number of ether oxygens (including phenoxy) is 1. The Kier molecular flexibility index (Phi) is 4.90. The average Bonchev–Trinajstić information content (AvgIpc) is 2.69. The smallest absolute Gasteiger partial charge is 0.327 e. The van der Waals surface area contributed by atoms with Crippen LogP contribution in [0.2, 0.25) is 0 Å². The Hall–Kier alpha value is -0.750. The molecule has 0 aromatic carbocycles. The van der Waals surface area contributed by atoms with Gasteiger partial charge >= 0.3 is 5.97 Å². The second kappa shape index (κ2) is 5.97. The van der Waals surface area contributed by atoms with E-state index in [1.54, 1.807) is 6.26 Å². The summed E-state index contributed by atoms with van der Waals surface area (Å²) in [5.74, 6) is -0.946. The van der Waals surface area contributed by atoms with Crippen molar-refractivity contribution in [1.82, 2.24) is 5.32 Å². The van der Waals surface area contributed by atoms with Crippen LogP contribution in [-0.2, 0) is 14.3 Å². The van der Waals surface area contributed by atoms with E-state index >= 15 is 0 Å². The number of carbonyl (C=O) groups is 2. The number of carboxylic acid groups (broad SMARTS) is 1. The number of hydrogen-bond donors (Lipinski definition) is 2. The van der Waals surface area contributed by atoms with E-state index in [2.05, 4.69) is 5.32 Å². The molecule has 86 valence electrons. The maximum absolute atomic E-state index is 11.5. The summed E-state index contributed by atoms with van der Waals surface area (Å²) in [5.41, 5.74) is 0. The van der Waals surface area contributed by atoms with Crippen molar-refractivity contribution >= 4 is 23.6 Å². The van der Waals surface area contributed by atoms with Gasteiger partial charge in [-0.15, -0.1) is 0 Å². The molecule has 0 bridgehead atoms. The van der Waals surface area contributed by atoms with Gasteiger partial charge in [-0.25, -0.2) is 4.79 Å². The third-order valence-electron chi connectivity index (χ3n) is 2.17. The lowest BCUT2D eigenvalue weighted by Gasteiger charge is -2.15. The second-order valence-electron chi connectivity index (χ2n) is 3.36. The quantitative estimate of drug-likeness (QED) is 0.704. The molecule has 1 saturated heterocycles. The van der Waals surface area contributed by atoms with Crippen LogP contribution >= 0.6 is 11.8 Å². The highest BCUT2D eigenvalue weighted by atomic mass is 32.2. The van der Waals surface area contributed by atoms with Gasteiger partial charge in [-0.3, -0.25) is 4.79 Å². The molecule has 0 radical (unpaired) electrons. The minimum Gasteiger partial charge on any atom is -0.480 e. The maximum atomic E-state index is 11.5. The summed E-state index contributed by atoms with van der Waals surface area (Å²) >= 11 is 1.39. The van der Waals surface area contributed by atoms with Gasteiger partial charge in [-0.1, -0.05) is 0 Å². The number of carbonyl (C=O) groups excluding carboxylic acids is 1. The van der Waals surface area contributed by atoms with Gasteiger partial charge in [-0.05, 0) is 19.1 Å². The molecule has 15 heavy (non-hydrogen) atoms. The Balaban J connectivity index is 2.42. The van der Waals surface area contributed by atoms with E-state index in [1.807, 2.05) is 0 Å². The average molecular weight is 233 g/mol. The van der Waals surface area contributed by atoms with Gasteiger partial charge in [-0.2, -0.15) is 11.8 Å². The van der Waals surface area contributed by atoms with Crippen molar-refractivity contribution in [3.63, 3.8) is 0 Å². The molecule has 1 heterocycles. The molecule has 5 nitrogen and oxygen atoms in total. The third kappa shape index (κ3) is 3.71. The van der Waals surface area contributed by atoms with E-state index in [1.165, 1.54) is 11.8 Å². The highest BCUT2D eigenvalue weighted by Crippen LogP contribution is 2.12. The van der Waals surface area contributed by atoms with Crippen molar-refractivity contribution in [1.29, 1.82) is 0 Å². The Labute approximate surface area is 92.6 Å². The largest absolute Gasteiger partial charge is 0.480 e. The van der Waals surface area contributed by atoms with Gasteiger partial charge in [0.2, 0.25) is 5.91 Å². The maximum Gasteiger partial charge on any atom is 0.327 e. The van der Waals surface area contributed by atoms with E-state index in [-0.39, 0.29) is 5.91 Å². The van der Waals surface area contributed by atoms with E-state index in [0.29, 0.717) is 18.8 Å². The van der Waals surface area contributed by atoms with Crippen LogP contribution in [0.25, 0.3) is 0 Å².